The largest absolute Gasteiger partial charge is 0.411 e. The van der Waals surface area contributed by atoms with E-state index in [0.717, 1.165) is 5.69 Å². The molecule has 1 heterocycles. The molecule has 1 aromatic heterocycles. The van der Waals surface area contributed by atoms with Gasteiger partial charge < -0.3 is 10.4 Å². The van der Waals surface area contributed by atoms with E-state index in [4.69, 9.17) is 5.21 Å². The molecule has 102 valence electrons. The van der Waals surface area contributed by atoms with E-state index >= 15 is 0 Å². The third kappa shape index (κ3) is 2.07. The first kappa shape index (κ1) is 12.2. The summed E-state index contributed by atoms with van der Waals surface area (Å²) in [6.45, 7) is 0. The van der Waals surface area contributed by atoms with E-state index in [1.807, 2.05) is 30.3 Å². The number of rotatable bonds is 2. The Balaban J connectivity index is 1.97. The summed E-state index contributed by atoms with van der Waals surface area (Å²) < 4.78 is 4.56. The molecular formula is C12H11N5O3. The van der Waals surface area contributed by atoms with E-state index in [-0.39, 0.29) is 0 Å². The molecule has 2 N–H and O–H groups in total. The van der Waals surface area contributed by atoms with Gasteiger partial charge in [0.2, 0.25) is 5.69 Å². The predicted octanol–water partition coefficient (Wildman–Crippen LogP) is 0.901. The molecular weight excluding hydrogens is 262 g/mol. The summed E-state index contributed by atoms with van der Waals surface area (Å²) in [5.41, 5.74) is 4.93. The van der Waals surface area contributed by atoms with E-state index in [2.05, 4.69) is 25.5 Å². The van der Waals surface area contributed by atoms with Gasteiger partial charge in [0, 0.05) is 18.0 Å². The van der Waals surface area contributed by atoms with Crippen LogP contribution in [0.5, 0.6) is 0 Å². The fraction of sp³-hybridized carbons (Fsp3) is 0.167. The Kier molecular flexibility index (Phi) is 3.04. The van der Waals surface area contributed by atoms with Crippen molar-refractivity contribution < 1.29 is 14.7 Å². The van der Waals surface area contributed by atoms with Gasteiger partial charge in [-0.05, 0) is 17.0 Å². The lowest BCUT2D eigenvalue weighted by Gasteiger charge is -2.10. The molecule has 0 aliphatic heterocycles. The maximum absolute atomic E-state index is 11.4. The highest BCUT2D eigenvalue weighted by Gasteiger charge is 2.33. The van der Waals surface area contributed by atoms with Gasteiger partial charge in [-0.3, -0.25) is 10.1 Å². The van der Waals surface area contributed by atoms with Crippen LogP contribution in [0.15, 0.2) is 45.2 Å². The minimum absolute atomic E-state index is 0.294. The second-order valence-corrected chi connectivity index (χ2v) is 4.21. The molecule has 0 saturated carbocycles. The summed E-state index contributed by atoms with van der Waals surface area (Å²) >= 11 is 0. The number of hydrazone groups is 1. The quantitative estimate of drug-likeness (QED) is 0.480. The van der Waals surface area contributed by atoms with Crippen molar-refractivity contribution in [3.63, 3.8) is 0 Å². The summed E-state index contributed by atoms with van der Waals surface area (Å²) in [6.07, 6.45) is 0.786. The van der Waals surface area contributed by atoms with Crippen molar-refractivity contribution >= 4 is 17.1 Å². The van der Waals surface area contributed by atoms with Crippen molar-refractivity contribution in [2.24, 2.45) is 10.3 Å². The molecule has 0 atom stereocenters. The van der Waals surface area contributed by atoms with Gasteiger partial charge in [0.05, 0.1) is 5.69 Å². The molecule has 0 amide bonds. The monoisotopic (exact) mass is 273 g/mol. The van der Waals surface area contributed by atoms with Crippen molar-refractivity contribution in [3.05, 3.63) is 46.9 Å². The van der Waals surface area contributed by atoms with E-state index in [0.29, 0.717) is 40.6 Å². The van der Waals surface area contributed by atoms with Gasteiger partial charge in [-0.1, -0.05) is 23.4 Å². The van der Waals surface area contributed by atoms with E-state index < -0.39 is 0 Å². The lowest BCUT2D eigenvalue weighted by atomic mass is 9.97. The SMILES string of the molecule is [O-][n+]1onc2c1CCC(=N/O)/C2=N\Nc1ccccc1. The molecule has 1 aromatic carbocycles. The smallest absolute Gasteiger partial charge is 0.273 e. The average molecular weight is 273 g/mol. The third-order valence-electron chi connectivity index (χ3n) is 2.99. The zero-order chi connectivity index (χ0) is 13.9. The van der Waals surface area contributed by atoms with Gasteiger partial charge >= 0.3 is 0 Å². The number of benzene rings is 1. The number of para-hydroxylation sites is 1. The molecule has 0 unspecified atom stereocenters. The molecule has 1 aliphatic rings. The van der Waals surface area contributed by atoms with Crippen LogP contribution in [0.2, 0.25) is 0 Å². The Bertz CT molecular complexity index is 678. The van der Waals surface area contributed by atoms with Crippen LogP contribution >= 0.6 is 0 Å². The lowest BCUT2D eigenvalue weighted by molar-refractivity contribution is -0.807. The summed E-state index contributed by atoms with van der Waals surface area (Å²) in [7, 11) is 0. The highest BCUT2D eigenvalue weighted by molar-refractivity contribution is 6.48. The fourth-order valence-corrected chi connectivity index (χ4v) is 2.00. The van der Waals surface area contributed by atoms with Crippen LogP contribution in [-0.4, -0.2) is 21.8 Å². The molecule has 1 aliphatic carbocycles. The van der Waals surface area contributed by atoms with E-state index in [9.17, 15) is 5.21 Å². The molecule has 0 fully saturated rings. The van der Waals surface area contributed by atoms with Gasteiger partial charge in [0.1, 0.15) is 5.71 Å². The van der Waals surface area contributed by atoms with Gasteiger partial charge in [-0.25, -0.2) is 0 Å². The van der Waals surface area contributed by atoms with E-state index in [1.54, 1.807) is 0 Å². The number of aromatic nitrogens is 2. The van der Waals surface area contributed by atoms with Gasteiger partial charge in [0.15, 0.2) is 5.71 Å². The Morgan fingerprint density at radius 3 is 2.85 bits per heavy atom. The molecule has 8 heteroatoms. The molecule has 20 heavy (non-hydrogen) atoms. The maximum Gasteiger partial charge on any atom is 0.273 e. The Hall–Kier alpha value is -2.90. The van der Waals surface area contributed by atoms with Gasteiger partial charge in [-0.15, -0.1) is 0 Å². The van der Waals surface area contributed by atoms with Crippen molar-refractivity contribution in [2.75, 3.05) is 5.43 Å². The van der Waals surface area contributed by atoms with Crippen LogP contribution in [0, 0.1) is 5.21 Å². The predicted molar refractivity (Wildman–Crippen MR) is 69.6 cm³/mol. The molecule has 0 spiro atoms. The number of fused-ring (bicyclic) bond motifs is 1. The summed E-state index contributed by atoms with van der Waals surface area (Å²) in [5, 5.41) is 31.4. The first-order valence-electron chi connectivity index (χ1n) is 5.98. The number of anilines is 1. The number of oxime groups is 1. The fourth-order valence-electron chi connectivity index (χ4n) is 2.00. The topological polar surface area (TPSA) is 110 Å². The summed E-state index contributed by atoms with van der Waals surface area (Å²) in [4.78, 5) is 0.349. The van der Waals surface area contributed by atoms with Gasteiger partial charge in [0.25, 0.3) is 5.69 Å². The Morgan fingerprint density at radius 1 is 1.30 bits per heavy atom. The minimum atomic E-state index is 0.294. The van der Waals surface area contributed by atoms with Crippen LogP contribution in [0.1, 0.15) is 17.8 Å². The zero-order valence-corrected chi connectivity index (χ0v) is 10.4. The second-order valence-electron chi connectivity index (χ2n) is 4.21. The molecule has 3 rings (SSSR count). The highest BCUT2D eigenvalue weighted by Crippen LogP contribution is 2.16. The Labute approximate surface area is 113 Å². The van der Waals surface area contributed by atoms with E-state index in [1.165, 1.54) is 0 Å². The second kappa shape index (κ2) is 5.00. The number of nitrogens with zero attached hydrogens (tertiary/aromatic N) is 4. The zero-order valence-electron chi connectivity index (χ0n) is 10.4. The molecule has 8 nitrogen and oxygen atoms in total. The lowest BCUT2D eigenvalue weighted by Crippen LogP contribution is -2.34. The van der Waals surface area contributed by atoms with Crippen molar-refractivity contribution in [1.82, 2.24) is 5.16 Å². The normalized spacial score (nSPS) is 18.2. The van der Waals surface area contributed by atoms with Crippen LogP contribution in [0.4, 0.5) is 5.69 Å². The maximum atomic E-state index is 11.4. The van der Waals surface area contributed by atoms with Crippen LogP contribution in [0.3, 0.4) is 0 Å². The minimum Gasteiger partial charge on any atom is -0.411 e. The van der Waals surface area contributed by atoms with Crippen LogP contribution in [-0.2, 0) is 6.42 Å². The van der Waals surface area contributed by atoms with Crippen molar-refractivity contribution in [3.8, 4) is 0 Å². The highest BCUT2D eigenvalue weighted by atomic mass is 16.8. The molecule has 0 saturated heterocycles. The number of hydrogen-bond donors (Lipinski definition) is 2. The molecule has 2 aromatic rings. The Morgan fingerprint density at radius 2 is 2.10 bits per heavy atom. The third-order valence-corrected chi connectivity index (χ3v) is 2.99. The standard InChI is InChI=1S/C12H11N5O3/c18-15-9-6-7-10-12(16-20-17(10)19)11(9)14-13-8-4-2-1-3-5-8/h1-5,13,18H,6-7H2/b14-11+,15-9-. The average Bonchev–Trinajstić information content (AvgIpc) is 2.87. The first-order valence-corrected chi connectivity index (χ1v) is 5.98. The molecule has 0 radical (unpaired) electrons. The van der Waals surface area contributed by atoms with Gasteiger partial charge in [-0.2, -0.15) is 5.10 Å². The van der Waals surface area contributed by atoms with Crippen molar-refractivity contribution in [2.45, 2.75) is 12.8 Å². The molecule has 0 bridgehead atoms. The first-order chi connectivity index (χ1) is 9.79. The van der Waals surface area contributed by atoms with Crippen LogP contribution in [0.25, 0.3) is 0 Å². The van der Waals surface area contributed by atoms with Crippen molar-refractivity contribution in [1.29, 1.82) is 0 Å². The summed E-state index contributed by atoms with van der Waals surface area (Å²) in [6, 6.07) is 9.27. The number of hydrogen-bond acceptors (Lipinski definition) is 7. The summed E-state index contributed by atoms with van der Waals surface area (Å²) in [5.74, 6) is 0. The number of nitrogens with one attached hydrogen (secondary N) is 1. The van der Waals surface area contributed by atoms with Crippen LogP contribution < -0.4 is 10.3 Å².